The molecule has 8 heteroatoms. The van der Waals surface area contributed by atoms with Crippen LogP contribution < -0.4 is 11.3 Å². The van der Waals surface area contributed by atoms with E-state index < -0.39 is 11.0 Å². The predicted molar refractivity (Wildman–Crippen MR) is 62.6 cm³/mol. The number of para-hydroxylation sites is 2. The highest BCUT2D eigenvalue weighted by Gasteiger charge is 2.37. The van der Waals surface area contributed by atoms with Gasteiger partial charge in [0.05, 0.1) is 11.0 Å². The van der Waals surface area contributed by atoms with Crippen molar-refractivity contribution in [1.29, 1.82) is 0 Å². The smallest absolute Gasteiger partial charge is 0.365 e. The summed E-state index contributed by atoms with van der Waals surface area (Å²) < 4.78 is 1.43. The Bertz CT molecular complexity index is 558. The lowest BCUT2D eigenvalue weighted by atomic mass is 10.3. The Labute approximate surface area is 100 Å². The van der Waals surface area contributed by atoms with E-state index in [4.69, 9.17) is 10.9 Å². The number of hydrazine groups is 1. The fourth-order valence-electron chi connectivity index (χ4n) is 1.28. The maximum atomic E-state index is 10.9. The molecule has 1 aromatic heterocycles. The topological polar surface area (TPSA) is 113 Å². The van der Waals surface area contributed by atoms with Crippen molar-refractivity contribution in [3.63, 3.8) is 0 Å². The molecule has 1 atom stereocenters. The van der Waals surface area contributed by atoms with Gasteiger partial charge in [-0.1, -0.05) is 12.1 Å². The van der Waals surface area contributed by atoms with E-state index in [0.29, 0.717) is 23.0 Å². The normalized spacial score (nSPS) is 14.7. The zero-order valence-electron chi connectivity index (χ0n) is 8.57. The highest BCUT2D eigenvalue weighted by Crippen LogP contribution is 2.25. The first kappa shape index (κ1) is 11.9. The Morgan fingerprint density at radius 2 is 2.24 bits per heavy atom. The molecule has 1 aromatic carbocycles. The monoisotopic (exact) mass is 254 g/mol. The van der Waals surface area contributed by atoms with Crippen molar-refractivity contribution in [2.45, 2.75) is 5.06 Å². The molecule has 5 N–H and O–H groups in total. The number of hydrogen-bond donors (Lipinski definition) is 4. The minimum atomic E-state index is -2.30. The van der Waals surface area contributed by atoms with Gasteiger partial charge in [0.25, 0.3) is 5.06 Å². The number of imidazole rings is 1. The molecule has 0 saturated carbocycles. The zero-order valence-corrected chi connectivity index (χ0v) is 9.39. The first-order chi connectivity index (χ1) is 8.07. The number of fused-ring (bicyclic) bond motifs is 1. The highest BCUT2D eigenvalue weighted by molar-refractivity contribution is 7.99. The van der Waals surface area contributed by atoms with Crippen LogP contribution in [0.2, 0.25) is 0 Å². The van der Waals surface area contributed by atoms with E-state index in [-0.39, 0.29) is 0 Å². The maximum Gasteiger partial charge on any atom is 0.365 e. The van der Waals surface area contributed by atoms with Crippen molar-refractivity contribution in [3.05, 3.63) is 30.6 Å². The highest BCUT2D eigenvalue weighted by atomic mass is 32.2. The Morgan fingerprint density at radius 1 is 1.53 bits per heavy atom. The number of benzene rings is 1. The van der Waals surface area contributed by atoms with E-state index >= 15 is 0 Å². The van der Waals surface area contributed by atoms with Gasteiger partial charge in [-0.15, -0.1) is 0 Å². The van der Waals surface area contributed by atoms with Gasteiger partial charge in [-0.05, 0) is 12.1 Å². The van der Waals surface area contributed by atoms with Crippen LogP contribution in [-0.4, -0.2) is 30.2 Å². The average Bonchev–Trinajstić information content (AvgIpc) is 2.72. The first-order valence-corrected chi connectivity index (χ1v) is 5.39. The van der Waals surface area contributed by atoms with E-state index in [0.717, 1.165) is 0 Å². The molecule has 0 unspecified atom stereocenters. The summed E-state index contributed by atoms with van der Waals surface area (Å²) in [5.41, 5.74) is 3.24. The summed E-state index contributed by atoms with van der Waals surface area (Å²) in [5.74, 6) is 3.55. The Morgan fingerprint density at radius 3 is 2.88 bits per heavy atom. The van der Waals surface area contributed by atoms with Crippen molar-refractivity contribution in [2.24, 2.45) is 5.84 Å². The van der Waals surface area contributed by atoms with Gasteiger partial charge >= 0.3 is 5.97 Å². The Balaban J connectivity index is 2.38. The molecule has 0 spiro atoms. The molecule has 90 valence electrons. The van der Waals surface area contributed by atoms with E-state index in [9.17, 15) is 9.90 Å². The van der Waals surface area contributed by atoms with Gasteiger partial charge < -0.3 is 10.2 Å². The summed E-state index contributed by atoms with van der Waals surface area (Å²) in [6.45, 7) is 0. The Hall–Kier alpha value is -1.61. The summed E-state index contributed by atoms with van der Waals surface area (Å²) in [4.78, 5) is 14.9. The van der Waals surface area contributed by atoms with Crippen LogP contribution in [0.5, 0.6) is 0 Å². The van der Waals surface area contributed by atoms with Crippen LogP contribution >= 0.6 is 11.9 Å². The fourth-order valence-corrected chi connectivity index (χ4v) is 2.04. The van der Waals surface area contributed by atoms with Gasteiger partial charge in [0.15, 0.2) is 0 Å². The summed E-state index contributed by atoms with van der Waals surface area (Å²) in [7, 11) is 0. The van der Waals surface area contributed by atoms with Crippen LogP contribution in [-0.2, 0) is 4.79 Å². The number of nitrogens with zero attached hydrogens (tertiary/aromatic N) is 2. The number of carboxylic acids is 1. The lowest BCUT2D eigenvalue weighted by molar-refractivity contribution is -0.151. The molecule has 0 aliphatic rings. The van der Waals surface area contributed by atoms with Crippen LogP contribution in [0.25, 0.3) is 11.0 Å². The van der Waals surface area contributed by atoms with Crippen molar-refractivity contribution in [3.8, 4) is 0 Å². The molecule has 0 amide bonds. The van der Waals surface area contributed by atoms with Crippen molar-refractivity contribution < 1.29 is 15.0 Å². The van der Waals surface area contributed by atoms with Crippen molar-refractivity contribution in [1.82, 2.24) is 14.4 Å². The molecule has 2 rings (SSSR count). The molecular formula is C9H10N4O3S. The third-order valence-electron chi connectivity index (χ3n) is 2.14. The summed E-state index contributed by atoms with van der Waals surface area (Å²) >= 11 is 0.609. The van der Waals surface area contributed by atoms with Crippen LogP contribution in [0.15, 0.2) is 30.6 Å². The molecule has 0 aliphatic carbocycles. The van der Waals surface area contributed by atoms with E-state index in [2.05, 4.69) is 4.98 Å². The second kappa shape index (κ2) is 4.34. The molecule has 17 heavy (non-hydrogen) atoms. The standard InChI is InChI=1S/C9H10N4O3S/c10-12-9(16,8(14)15)17-13-5-11-6-3-1-2-4-7(6)13/h1-5,12,16H,10H2,(H,14,15)/t9-/m0/s1. The maximum absolute atomic E-state index is 10.9. The van der Waals surface area contributed by atoms with Gasteiger partial charge in [0.2, 0.25) is 0 Å². The lowest BCUT2D eigenvalue weighted by Crippen LogP contribution is -2.53. The third kappa shape index (κ3) is 2.11. The molecule has 0 fully saturated rings. The molecule has 2 aromatic rings. The molecule has 0 saturated heterocycles. The van der Waals surface area contributed by atoms with Crippen LogP contribution in [0.3, 0.4) is 0 Å². The quantitative estimate of drug-likeness (QED) is 0.337. The van der Waals surface area contributed by atoms with Gasteiger partial charge in [0.1, 0.15) is 6.33 Å². The number of aromatic nitrogens is 2. The number of aliphatic hydroxyl groups is 1. The van der Waals surface area contributed by atoms with Gasteiger partial charge in [-0.25, -0.2) is 15.2 Å². The number of carboxylic acid groups (broad SMARTS) is 1. The number of nitrogens with two attached hydrogens (primary N) is 1. The number of rotatable bonds is 4. The first-order valence-electron chi connectivity index (χ1n) is 4.62. The number of hydrogen-bond acceptors (Lipinski definition) is 6. The van der Waals surface area contributed by atoms with Crippen molar-refractivity contribution >= 4 is 29.0 Å². The molecular weight excluding hydrogens is 244 g/mol. The third-order valence-corrected chi connectivity index (χ3v) is 3.18. The van der Waals surface area contributed by atoms with E-state index in [1.807, 2.05) is 11.5 Å². The average molecular weight is 254 g/mol. The van der Waals surface area contributed by atoms with Crippen molar-refractivity contribution in [2.75, 3.05) is 0 Å². The Kier molecular flexibility index (Phi) is 3.03. The zero-order chi connectivity index (χ0) is 12.5. The summed E-state index contributed by atoms with van der Waals surface area (Å²) in [6, 6.07) is 7.14. The minimum absolute atomic E-state index is 0.609. The van der Waals surface area contributed by atoms with E-state index in [1.54, 1.807) is 18.2 Å². The fraction of sp³-hybridized carbons (Fsp3) is 0.111. The lowest BCUT2D eigenvalue weighted by Gasteiger charge is -2.21. The summed E-state index contributed by atoms with van der Waals surface area (Å²) in [6.07, 6.45) is 1.42. The second-order valence-electron chi connectivity index (χ2n) is 3.24. The van der Waals surface area contributed by atoms with Gasteiger partial charge in [0, 0.05) is 11.9 Å². The number of nitrogens with one attached hydrogen (secondary N) is 1. The van der Waals surface area contributed by atoms with Crippen LogP contribution in [0.4, 0.5) is 0 Å². The van der Waals surface area contributed by atoms with Crippen LogP contribution in [0, 0.1) is 0 Å². The summed E-state index contributed by atoms with van der Waals surface area (Å²) in [5, 5.41) is 16.3. The second-order valence-corrected chi connectivity index (χ2v) is 4.41. The largest absolute Gasteiger partial charge is 0.477 e. The molecule has 1 heterocycles. The molecule has 7 nitrogen and oxygen atoms in total. The van der Waals surface area contributed by atoms with Crippen LogP contribution in [0.1, 0.15) is 0 Å². The molecule has 0 aliphatic heterocycles. The SMILES string of the molecule is NN[C@@](O)(Sn1cnc2ccccc21)C(=O)O. The predicted octanol–water partition coefficient (Wildman–Crippen LogP) is -0.273. The molecule has 0 bridgehead atoms. The minimum Gasteiger partial charge on any atom is -0.477 e. The van der Waals surface area contributed by atoms with E-state index in [1.165, 1.54) is 10.3 Å². The number of aliphatic carboxylic acids is 1. The number of carbonyl (C=O) groups is 1. The van der Waals surface area contributed by atoms with Gasteiger partial charge in [-0.3, -0.25) is 9.82 Å². The molecule has 0 radical (unpaired) electrons. The van der Waals surface area contributed by atoms with Gasteiger partial charge in [-0.2, -0.15) is 0 Å².